The van der Waals surface area contributed by atoms with Crippen LogP contribution in [0.15, 0.2) is 71.3 Å². The number of carbonyl (C=O) groups excluding carboxylic acids is 2. The van der Waals surface area contributed by atoms with Crippen LogP contribution in [0.4, 0.5) is 0 Å². The lowest BCUT2D eigenvalue weighted by molar-refractivity contribution is 0.0319. The molecule has 1 aromatic heterocycles. The Labute approximate surface area is 151 Å². The normalized spacial score (nSPS) is 11.6. The van der Waals surface area contributed by atoms with Gasteiger partial charge in [0.15, 0.2) is 6.10 Å². The summed E-state index contributed by atoms with van der Waals surface area (Å²) in [6, 6.07) is 17.1. The molecule has 26 heavy (non-hydrogen) atoms. The molecular weight excluding hydrogens is 332 g/mol. The molecule has 2 aromatic carbocycles. The third-order valence-electron chi connectivity index (χ3n) is 3.95. The number of ketones is 1. The summed E-state index contributed by atoms with van der Waals surface area (Å²) in [7, 11) is 1.55. The van der Waals surface area contributed by atoms with Crippen molar-refractivity contribution in [3.8, 4) is 17.1 Å². The van der Waals surface area contributed by atoms with E-state index in [4.69, 9.17) is 13.9 Å². The zero-order valence-electron chi connectivity index (χ0n) is 14.5. The smallest absolute Gasteiger partial charge is 0.338 e. The van der Waals surface area contributed by atoms with Gasteiger partial charge in [-0.05, 0) is 55.5 Å². The molecule has 5 heteroatoms. The second-order valence-electron chi connectivity index (χ2n) is 5.69. The van der Waals surface area contributed by atoms with E-state index in [1.807, 2.05) is 6.07 Å². The Balaban J connectivity index is 1.65. The van der Waals surface area contributed by atoms with Crippen LogP contribution < -0.4 is 4.74 Å². The lowest BCUT2D eigenvalue weighted by atomic mass is 10.1. The zero-order valence-corrected chi connectivity index (χ0v) is 14.5. The van der Waals surface area contributed by atoms with E-state index in [2.05, 4.69) is 0 Å². The molecule has 5 nitrogen and oxygen atoms in total. The third kappa shape index (κ3) is 3.83. The van der Waals surface area contributed by atoms with Crippen LogP contribution in [0.1, 0.15) is 27.6 Å². The van der Waals surface area contributed by atoms with Crippen molar-refractivity contribution in [1.29, 1.82) is 0 Å². The highest BCUT2D eigenvalue weighted by Crippen LogP contribution is 2.21. The molecule has 1 heterocycles. The maximum absolute atomic E-state index is 12.4. The molecular formula is C21H18O5. The number of hydrogen-bond acceptors (Lipinski definition) is 5. The summed E-state index contributed by atoms with van der Waals surface area (Å²) in [5.74, 6) is 0.550. The number of Topliss-reactive ketones (excluding diaryl/α,β-unsaturated/α-hetero) is 1. The molecule has 3 rings (SSSR count). The standard InChI is InChI=1S/C21H18O5/c1-14(20(22)16-9-11-18(24-2)12-10-16)26-21(23)17-7-5-15(6-8-17)19-4-3-13-25-19/h3-14H,1-2H3. The fraction of sp³-hybridized carbons (Fsp3) is 0.143. The minimum atomic E-state index is -0.888. The van der Waals surface area contributed by atoms with E-state index in [9.17, 15) is 9.59 Å². The molecule has 0 N–H and O–H groups in total. The van der Waals surface area contributed by atoms with Gasteiger partial charge < -0.3 is 13.9 Å². The van der Waals surface area contributed by atoms with Gasteiger partial charge in [-0.2, -0.15) is 0 Å². The number of hydrogen-bond donors (Lipinski definition) is 0. The van der Waals surface area contributed by atoms with E-state index in [1.165, 1.54) is 0 Å². The summed E-state index contributed by atoms with van der Waals surface area (Å²) in [6.07, 6.45) is 0.699. The number of methoxy groups -OCH3 is 1. The predicted molar refractivity (Wildman–Crippen MR) is 96.3 cm³/mol. The van der Waals surface area contributed by atoms with Crippen molar-refractivity contribution < 1.29 is 23.5 Å². The first kappa shape index (κ1) is 17.5. The van der Waals surface area contributed by atoms with Gasteiger partial charge in [-0.1, -0.05) is 12.1 Å². The molecule has 0 aliphatic rings. The van der Waals surface area contributed by atoms with Gasteiger partial charge >= 0.3 is 5.97 Å². The fourth-order valence-corrected chi connectivity index (χ4v) is 2.49. The second kappa shape index (κ2) is 7.70. The van der Waals surface area contributed by atoms with Crippen LogP contribution in [0, 0.1) is 0 Å². The SMILES string of the molecule is COc1ccc(C(=O)C(C)OC(=O)c2ccc(-c3ccco3)cc2)cc1. The van der Waals surface area contributed by atoms with Crippen LogP contribution in [-0.4, -0.2) is 25.0 Å². The quantitative estimate of drug-likeness (QED) is 0.487. The molecule has 132 valence electrons. The molecule has 0 spiro atoms. The second-order valence-corrected chi connectivity index (χ2v) is 5.69. The molecule has 0 amide bonds. The maximum atomic E-state index is 12.4. The first-order valence-electron chi connectivity index (χ1n) is 8.11. The summed E-state index contributed by atoms with van der Waals surface area (Å²) >= 11 is 0. The number of benzene rings is 2. The van der Waals surface area contributed by atoms with Crippen molar-refractivity contribution in [2.75, 3.05) is 7.11 Å². The van der Waals surface area contributed by atoms with Crippen LogP contribution in [0.2, 0.25) is 0 Å². The lowest BCUT2D eigenvalue weighted by Gasteiger charge is -2.13. The molecule has 0 saturated carbocycles. The van der Waals surface area contributed by atoms with Crippen LogP contribution in [0.5, 0.6) is 5.75 Å². The monoisotopic (exact) mass is 350 g/mol. The van der Waals surface area contributed by atoms with E-state index in [1.54, 1.807) is 74.9 Å². The number of ether oxygens (including phenoxy) is 2. The summed E-state index contributed by atoms with van der Waals surface area (Å²) in [5, 5.41) is 0. The van der Waals surface area contributed by atoms with Crippen LogP contribution in [0.25, 0.3) is 11.3 Å². The van der Waals surface area contributed by atoms with Gasteiger partial charge in [-0.3, -0.25) is 4.79 Å². The number of furan rings is 1. The average Bonchev–Trinajstić information content (AvgIpc) is 3.22. The Bertz CT molecular complexity index is 877. The van der Waals surface area contributed by atoms with E-state index in [0.29, 0.717) is 22.6 Å². The number of esters is 1. The van der Waals surface area contributed by atoms with Crippen molar-refractivity contribution in [3.63, 3.8) is 0 Å². The van der Waals surface area contributed by atoms with Gasteiger partial charge in [0.2, 0.25) is 5.78 Å². The highest BCUT2D eigenvalue weighted by molar-refractivity contribution is 6.01. The van der Waals surface area contributed by atoms with E-state index < -0.39 is 12.1 Å². The van der Waals surface area contributed by atoms with Gasteiger partial charge in [0.1, 0.15) is 11.5 Å². The summed E-state index contributed by atoms with van der Waals surface area (Å²) < 4.78 is 15.7. The Hall–Kier alpha value is -3.34. The van der Waals surface area contributed by atoms with Crippen molar-refractivity contribution >= 4 is 11.8 Å². The molecule has 0 bridgehead atoms. The van der Waals surface area contributed by atoms with Gasteiger partial charge in [-0.15, -0.1) is 0 Å². The van der Waals surface area contributed by atoms with Gasteiger partial charge in [0, 0.05) is 11.1 Å². The summed E-state index contributed by atoms with van der Waals surface area (Å²) in [6.45, 7) is 1.56. The summed E-state index contributed by atoms with van der Waals surface area (Å²) in [4.78, 5) is 24.7. The minimum Gasteiger partial charge on any atom is -0.497 e. The lowest BCUT2D eigenvalue weighted by Crippen LogP contribution is -2.24. The van der Waals surface area contributed by atoms with Crippen molar-refractivity contribution in [3.05, 3.63) is 78.1 Å². The van der Waals surface area contributed by atoms with E-state index in [-0.39, 0.29) is 5.78 Å². The minimum absolute atomic E-state index is 0.270. The molecule has 3 aromatic rings. The Morgan fingerprint density at radius 2 is 1.58 bits per heavy atom. The molecule has 1 unspecified atom stereocenters. The van der Waals surface area contributed by atoms with Crippen LogP contribution >= 0.6 is 0 Å². The van der Waals surface area contributed by atoms with Crippen molar-refractivity contribution in [2.24, 2.45) is 0 Å². The summed E-state index contributed by atoms with van der Waals surface area (Å²) in [5.41, 5.74) is 1.68. The predicted octanol–water partition coefficient (Wildman–Crippen LogP) is 4.38. The average molecular weight is 350 g/mol. The van der Waals surface area contributed by atoms with Crippen molar-refractivity contribution in [1.82, 2.24) is 0 Å². The largest absolute Gasteiger partial charge is 0.497 e. The topological polar surface area (TPSA) is 65.7 Å². The van der Waals surface area contributed by atoms with Crippen molar-refractivity contribution in [2.45, 2.75) is 13.0 Å². The Kier molecular flexibility index (Phi) is 5.17. The van der Waals surface area contributed by atoms with Gasteiger partial charge in [0.25, 0.3) is 0 Å². The molecule has 0 aliphatic carbocycles. The molecule has 1 atom stereocenters. The third-order valence-corrected chi connectivity index (χ3v) is 3.95. The number of carbonyl (C=O) groups is 2. The molecule has 0 saturated heterocycles. The fourth-order valence-electron chi connectivity index (χ4n) is 2.49. The van der Waals surface area contributed by atoms with Crippen LogP contribution in [-0.2, 0) is 4.74 Å². The molecule has 0 radical (unpaired) electrons. The Morgan fingerprint density at radius 3 is 2.15 bits per heavy atom. The van der Waals surface area contributed by atoms with Gasteiger partial charge in [-0.25, -0.2) is 4.79 Å². The zero-order chi connectivity index (χ0) is 18.5. The first-order valence-corrected chi connectivity index (χ1v) is 8.11. The maximum Gasteiger partial charge on any atom is 0.338 e. The van der Waals surface area contributed by atoms with E-state index >= 15 is 0 Å². The molecule has 0 fully saturated rings. The molecule has 0 aliphatic heterocycles. The Morgan fingerprint density at radius 1 is 0.923 bits per heavy atom. The van der Waals surface area contributed by atoms with E-state index in [0.717, 1.165) is 5.56 Å². The first-order chi connectivity index (χ1) is 12.6. The number of rotatable bonds is 6. The van der Waals surface area contributed by atoms with Crippen LogP contribution in [0.3, 0.4) is 0 Å². The van der Waals surface area contributed by atoms with Gasteiger partial charge in [0.05, 0.1) is 18.9 Å². The highest BCUT2D eigenvalue weighted by atomic mass is 16.5. The highest BCUT2D eigenvalue weighted by Gasteiger charge is 2.20.